The summed E-state index contributed by atoms with van der Waals surface area (Å²) in [5.41, 5.74) is 0.637. The molecule has 0 radical (unpaired) electrons. The molecule has 0 unspecified atom stereocenters. The summed E-state index contributed by atoms with van der Waals surface area (Å²) in [4.78, 5) is 2.43. The highest BCUT2D eigenvalue weighted by Crippen LogP contribution is 2.18. The fourth-order valence-electron chi connectivity index (χ4n) is 2.19. The number of hydrogen-bond acceptors (Lipinski definition) is 2. The van der Waals surface area contributed by atoms with Gasteiger partial charge in [0, 0.05) is 19.1 Å². The van der Waals surface area contributed by atoms with E-state index in [0.717, 1.165) is 32.5 Å². The zero-order valence-corrected chi connectivity index (χ0v) is 9.75. The minimum Gasteiger partial charge on any atom is -0.380 e. The summed E-state index contributed by atoms with van der Waals surface area (Å²) in [6.45, 7) is 5.53. The molecule has 1 aromatic rings. The third-order valence-corrected chi connectivity index (χ3v) is 3.27. The van der Waals surface area contributed by atoms with E-state index in [1.165, 1.54) is 6.07 Å². The van der Waals surface area contributed by atoms with E-state index < -0.39 is 0 Å². The van der Waals surface area contributed by atoms with Crippen LogP contribution in [0.3, 0.4) is 0 Å². The smallest absolute Gasteiger partial charge is 0.146 e. The average Bonchev–Trinajstić information content (AvgIpc) is 2.33. The maximum absolute atomic E-state index is 13.4. The summed E-state index contributed by atoms with van der Waals surface area (Å²) in [6.07, 6.45) is 2.20. The monoisotopic (exact) mass is 222 g/mol. The van der Waals surface area contributed by atoms with Crippen molar-refractivity contribution in [1.82, 2.24) is 4.90 Å². The number of likely N-dealkylation sites (tertiary alicyclic amines) is 1. The van der Waals surface area contributed by atoms with Gasteiger partial charge in [-0.2, -0.15) is 0 Å². The van der Waals surface area contributed by atoms with Gasteiger partial charge in [-0.15, -0.1) is 0 Å². The molecular weight excluding hydrogens is 203 g/mol. The Balaban J connectivity index is 1.89. The van der Waals surface area contributed by atoms with Crippen molar-refractivity contribution in [2.24, 2.45) is 0 Å². The summed E-state index contributed by atoms with van der Waals surface area (Å²) in [7, 11) is 0. The molecule has 1 fully saturated rings. The molecule has 0 aliphatic carbocycles. The van der Waals surface area contributed by atoms with Crippen LogP contribution < -0.4 is 5.32 Å². The number of nitrogens with zero attached hydrogens (tertiary/aromatic N) is 1. The zero-order chi connectivity index (χ0) is 11.4. The highest BCUT2D eigenvalue weighted by molar-refractivity contribution is 5.45. The molecule has 1 aliphatic rings. The largest absolute Gasteiger partial charge is 0.380 e. The summed E-state index contributed by atoms with van der Waals surface area (Å²) < 4.78 is 13.4. The Morgan fingerprint density at radius 1 is 1.31 bits per heavy atom. The van der Waals surface area contributed by atoms with Gasteiger partial charge in [0.15, 0.2) is 0 Å². The van der Waals surface area contributed by atoms with Crippen molar-refractivity contribution in [2.75, 3.05) is 25.0 Å². The number of nitrogens with one attached hydrogen (secondary N) is 1. The van der Waals surface area contributed by atoms with Crippen LogP contribution in [0.15, 0.2) is 24.3 Å². The maximum atomic E-state index is 13.4. The molecule has 3 heteroatoms. The van der Waals surface area contributed by atoms with Crippen LogP contribution in [-0.2, 0) is 0 Å². The topological polar surface area (TPSA) is 15.3 Å². The van der Waals surface area contributed by atoms with Gasteiger partial charge >= 0.3 is 0 Å². The first kappa shape index (κ1) is 11.4. The molecule has 0 atom stereocenters. The number of hydrogen-bond donors (Lipinski definition) is 1. The fraction of sp³-hybridized carbons (Fsp3) is 0.538. The van der Waals surface area contributed by atoms with Crippen LogP contribution in [-0.4, -0.2) is 30.6 Å². The fourth-order valence-corrected chi connectivity index (χ4v) is 2.19. The highest BCUT2D eigenvalue weighted by Gasteiger charge is 2.18. The van der Waals surface area contributed by atoms with Crippen LogP contribution in [0.1, 0.15) is 19.8 Å². The minimum atomic E-state index is -0.152. The predicted octanol–water partition coefficient (Wildman–Crippen LogP) is 2.72. The van der Waals surface area contributed by atoms with E-state index in [-0.39, 0.29) is 5.82 Å². The second-order valence-corrected chi connectivity index (χ2v) is 4.33. The summed E-state index contributed by atoms with van der Waals surface area (Å²) in [5.74, 6) is -0.152. The van der Waals surface area contributed by atoms with E-state index in [2.05, 4.69) is 17.1 Å². The van der Waals surface area contributed by atoms with E-state index in [1.54, 1.807) is 6.07 Å². The lowest BCUT2D eigenvalue weighted by Crippen LogP contribution is -2.38. The standard InChI is InChI=1S/C13H19FN2/c1-2-16-9-7-11(8-10-16)15-13-6-4-3-5-12(13)14/h3-6,11,15H,2,7-10H2,1H3. The first-order chi connectivity index (χ1) is 7.79. The molecular formula is C13H19FN2. The molecule has 0 spiro atoms. The summed E-state index contributed by atoms with van der Waals surface area (Å²) in [5, 5.41) is 3.29. The second-order valence-electron chi connectivity index (χ2n) is 4.33. The van der Waals surface area contributed by atoms with Gasteiger partial charge < -0.3 is 10.2 Å². The van der Waals surface area contributed by atoms with Crippen molar-refractivity contribution >= 4 is 5.69 Å². The Bertz CT molecular complexity index is 332. The van der Waals surface area contributed by atoms with Crippen molar-refractivity contribution in [3.63, 3.8) is 0 Å². The van der Waals surface area contributed by atoms with Crippen molar-refractivity contribution in [2.45, 2.75) is 25.8 Å². The first-order valence-corrected chi connectivity index (χ1v) is 6.03. The second kappa shape index (κ2) is 5.30. The van der Waals surface area contributed by atoms with Crippen molar-refractivity contribution in [3.8, 4) is 0 Å². The molecule has 1 heterocycles. The van der Waals surface area contributed by atoms with Gasteiger partial charge in [-0.25, -0.2) is 4.39 Å². The van der Waals surface area contributed by atoms with Gasteiger partial charge in [-0.1, -0.05) is 19.1 Å². The SMILES string of the molecule is CCN1CCC(Nc2ccccc2F)CC1. The van der Waals surface area contributed by atoms with E-state index >= 15 is 0 Å². The molecule has 0 aromatic heterocycles. The molecule has 2 nitrogen and oxygen atoms in total. The van der Waals surface area contributed by atoms with E-state index in [4.69, 9.17) is 0 Å². The average molecular weight is 222 g/mol. The van der Waals surface area contributed by atoms with Crippen molar-refractivity contribution in [1.29, 1.82) is 0 Å². The first-order valence-electron chi connectivity index (χ1n) is 6.03. The molecule has 88 valence electrons. The lowest BCUT2D eigenvalue weighted by atomic mass is 10.0. The zero-order valence-electron chi connectivity index (χ0n) is 9.75. The molecule has 2 rings (SSSR count). The third-order valence-electron chi connectivity index (χ3n) is 3.27. The van der Waals surface area contributed by atoms with Gasteiger partial charge in [0.05, 0.1) is 5.69 Å². The molecule has 0 bridgehead atoms. The molecule has 16 heavy (non-hydrogen) atoms. The normalized spacial score (nSPS) is 18.6. The third kappa shape index (κ3) is 2.73. The van der Waals surface area contributed by atoms with Crippen LogP contribution in [0.5, 0.6) is 0 Å². The number of halogens is 1. The van der Waals surface area contributed by atoms with Gasteiger partial charge in [-0.05, 0) is 31.5 Å². The number of rotatable bonds is 3. The lowest BCUT2D eigenvalue weighted by Gasteiger charge is -2.32. The van der Waals surface area contributed by atoms with Crippen LogP contribution >= 0.6 is 0 Å². The van der Waals surface area contributed by atoms with E-state index in [9.17, 15) is 4.39 Å². The molecule has 0 saturated carbocycles. The number of benzene rings is 1. The Kier molecular flexibility index (Phi) is 3.78. The van der Waals surface area contributed by atoms with E-state index in [0.29, 0.717) is 11.7 Å². The quantitative estimate of drug-likeness (QED) is 0.846. The Hall–Kier alpha value is -1.09. The minimum absolute atomic E-state index is 0.152. The van der Waals surface area contributed by atoms with Gasteiger partial charge in [0.1, 0.15) is 5.82 Å². The van der Waals surface area contributed by atoms with E-state index in [1.807, 2.05) is 12.1 Å². The molecule has 1 saturated heterocycles. The van der Waals surface area contributed by atoms with Crippen LogP contribution in [0.25, 0.3) is 0 Å². The number of para-hydroxylation sites is 1. The van der Waals surface area contributed by atoms with Crippen LogP contribution in [0.2, 0.25) is 0 Å². The Labute approximate surface area is 96.5 Å². The Morgan fingerprint density at radius 3 is 2.62 bits per heavy atom. The Morgan fingerprint density at radius 2 is 2.00 bits per heavy atom. The molecule has 1 aromatic carbocycles. The number of anilines is 1. The van der Waals surface area contributed by atoms with Crippen LogP contribution in [0, 0.1) is 5.82 Å². The summed E-state index contributed by atoms with van der Waals surface area (Å²) >= 11 is 0. The maximum Gasteiger partial charge on any atom is 0.146 e. The lowest BCUT2D eigenvalue weighted by molar-refractivity contribution is 0.229. The van der Waals surface area contributed by atoms with Gasteiger partial charge in [0.2, 0.25) is 0 Å². The highest BCUT2D eigenvalue weighted by atomic mass is 19.1. The summed E-state index contributed by atoms with van der Waals surface area (Å²) in [6, 6.07) is 7.32. The van der Waals surface area contributed by atoms with Gasteiger partial charge in [-0.3, -0.25) is 0 Å². The number of piperidine rings is 1. The molecule has 0 amide bonds. The predicted molar refractivity (Wildman–Crippen MR) is 65.2 cm³/mol. The molecule has 1 aliphatic heterocycles. The van der Waals surface area contributed by atoms with Gasteiger partial charge in [0.25, 0.3) is 0 Å². The van der Waals surface area contributed by atoms with Crippen LogP contribution in [0.4, 0.5) is 10.1 Å². The van der Waals surface area contributed by atoms with Crippen molar-refractivity contribution < 1.29 is 4.39 Å². The van der Waals surface area contributed by atoms with Crippen molar-refractivity contribution in [3.05, 3.63) is 30.1 Å². The molecule has 1 N–H and O–H groups in total.